The SMILES string of the molecule is CC1(C)c2ccccc2N(c2ccc(-c3ccc4c(c3)C3(c5ccccc5Sc5ccccc53)c3ccccc3[Si]4c3ccccc3)cc2)c2ccccc21. The molecular formula is C52H38NSSi. The Hall–Kier alpha value is -5.87. The molecule has 1 radical (unpaired) electrons. The molecule has 0 saturated carbocycles. The van der Waals surface area contributed by atoms with Crippen LogP contribution in [0.15, 0.2) is 204 Å². The normalized spacial score (nSPS) is 15.6. The summed E-state index contributed by atoms with van der Waals surface area (Å²) < 4.78 is 0. The predicted octanol–water partition coefficient (Wildman–Crippen LogP) is 11.1. The van der Waals surface area contributed by atoms with E-state index in [2.05, 4.69) is 213 Å². The average molecular weight is 737 g/mol. The number of benzene rings is 8. The fraction of sp³-hybridized carbons (Fsp3) is 0.0769. The Morgan fingerprint density at radius 2 is 0.909 bits per heavy atom. The lowest BCUT2D eigenvalue weighted by Crippen LogP contribution is -2.62. The highest BCUT2D eigenvalue weighted by atomic mass is 32.2. The van der Waals surface area contributed by atoms with E-state index < -0.39 is 14.2 Å². The smallest absolute Gasteiger partial charge is 0.155 e. The molecule has 1 nitrogen and oxygen atoms in total. The van der Waals surface area contributed by atoms with Crippen LogP contribution in [0, 0.1) is 0 Å². The zero-order valence-corrected chi connectivity index (χ0v) is 32.6. The molecule has 55 heavy (non-hydrogen) atoms. The summed E-state index contributed by atoms with van der Waals surface area (Å²) in [5, 5.41) is 4.37. The van der Waals surface area contributed by atoms with Gasteiger partial charge in [-0.1, -0.05) is 182 Å². The van der Waals surface area contributed by atoms with Gasteiger partial charge in [0.15, 0.2) is 8.80 Å². The minimum atomic E-state index is -1.31. The second-order valence-corrected chi connectivity index (χ2v) is 18.9. The van der Waals surface area contributed by atoms with Crippen LogP contribution in [0.3, 0.4) is 0 Å². The molecule has 8 aromatic carbocycles. The van der Waals surface area contributed by atoms with Gasteiger partial charge in [-0.15, -0.1) is 0 Å². The minimum Gasteiger partial charge on any atom is -0.310 e. The maximum absolute atomic E-state index is 2.55. The summed E-state index contributed by atoms with van der Waals surface area (Å²) in [6.45, 7) is 4.69. The molecule has 261 valence electrons. The van der Waals surface area contributed by atoms with Gasteiger partial charge >= 0.3 is 0 Å². The largest absolute Gasteiger partial charge is 0.310 e. The fourth-order valence-electron chi connectivity index (χ4n) is 9.81. The molecule has 0 aliphatic carbocycles. The van der Waals surface area contributed by atoms with Gasteiger partial charge in [-0.25, -0.2) is 0 Å². The fourth-order valence-corrected chi connectivity index (χ4v) is 14.0. The number of hydrogen-bond donors (Lipinski definition) is 0. The van der Waals surface area contributed by atoms with E-state index in [-0.39, 0.29) is 5.41 Å². The summed E-state index contributed by atoms with van der Waals surface area (Å²) in [5.41, 5.74) is 13.9. The summed E-state index contributed by atoms with van der Waals surface area (Å²) in [6.07, 6.45) is 0. The standard InChI is InChI=1S/C52H38NSSi/c1-51(2)39-18-6-11-23-45(39)53(46-24-12-7-19-40(46)51)37-31-28-35(29-32-37)36-30-33-50-44(34-36)52(41-20-8-13-25-47(41)54-48-26-14-9-21-42(48)52)43-22-10-15-27-49(43)55(50)38-16-4-3-5-17-38/h3-34H,1-2H3. The maximum atomic E-state index is 2.55. The number of rotatable bonds is 3. The van der Waals surface area contributed by atoms with Crippen LogP contribution < -0.4 is 20.5 Å². The molecule has 0 atom stereocenters. The van der Waals surface area contributed by atoms with Crippen LogP contribution >= 0.6 is 11.8 Å². The predicted molar refractivity (Wildman–Crippen MR) is 232 cm³/mol. The highest BCUT2D eigenvalue weighted by molar-refractivity contribution is 7.99. The Kier molecular flexibility index (Phi) is 7.29. The topological polar surface area (TPSA) is 3.24 Å². The highest BCUT2D eigenvalue weighted by Crippen LogP contribution is 2.56. The first kappa shape index (κ1) is 32.5. The van der Waals surface area contributed by atoms with E-state index in [9.17, 15) is 0 Å². The molecule has 3 aliphatic rings. The number of hydrogen-bond acceptors (Lipinski definition) is 2. The molecule has 0 N–H and O–H groups in total. The molecule has 0 amide bonds. The number of nitrogens with zero attached hydrogens (tertiary/aromatic N) is 1. The Morgan fingerprint density at radius 3 is 1.55 bits per heavy atom. The highest BCUT2D eigenvalue weighted by Gasteiger charge is 2.51. The van der Waals surface area contributed by atoms with E-state index in [0.29, 0.717) is 0 Å². The number of fused-ring (bicyclic) bond motifs is 10. The summed E-state index contributed by atoms with van der Waals surface area (Å²) >= 11 is 1.91. The van der Waals surface area contributed by atoms with Gasteiger partial charge in [0.2, 0.25) is 0 Å². The van der Waals surface area contributed by atoms with Crippen molar-refractivity contribution in [2.24, 2.45) is 0 Å². The Labute approximate surface area is 329 Å². The second-order valence-electron chi connectivity index (χ2n) is 15.4. The summed E-state index contributed by atoms with van der Waals surface area (Å²) in [4.78, 5) is 5.11. The molecule has 3 aliphatic heterocycles. The van der Waals surface area contributed by atoms with Gasteiger partial charge in [0.1, 0.15) is 0 Å². The van der Waals surface area contributed by atoms with Crippen molar-refractivity contribution in [1.82, 2.24) is 0 Å². The third-order valence-corrected chi connectivity index (χ3v) is 16.3. The Balaban J connectivity index is 1.13. The van der Waals surface area contributed by atoms with Gasteiger partial charge in [0.25, 0.3) is 0 Å². The van der Waals surface area contributed by atoms with E-state index in [1.807, 2.05) is 11.8 Å². The average Bonchev–Trinajstić information content (AvgIpc) is 3.24. The monoisotopic (exact) mass is 736 g/mol. The first-order chi connectivity index (χ1) is 27.0. The third kappa shape index (κ3) is 4.67. The molecule has 0 aromatic heterocycles. The van der Waals surface area contributed by atoms with Crippen molar-refractivity contribution in [3.05, 3.63) is 228 Å². The van der Waals surface area contributed by atoms with Crippen molar-refractivity contribution in [3.63, 3.8) is 0 Å². The number of para-hydroxylation sites is 2. The van der Waals surface area contributed by atoms with Crippen molar-refractivity contribution < 1.29 is 0 Å². The Morgan fingerprint density at radius 1 is 0.418 bits per heavy atom. The minimum absolute atomic E-state index is 0.0871. The van der Waals surface area contributed by atoms with E-state index in [4.69, 9.17) is 0 Å². The molecular weight excluding hydrogens is 699 g/mol. The second kappa shape index (κ2) is 12.3. The molecule has 0 saturated heterocycles. The third-order valence-electron chi connectivity index (χ3n) is 12.3. The molecule has 0 bridgehead atoms. The lowest BCUT2D eigenvalue weighted by Gasteiger charge is -2.48. The van der Waals surface area contributed by atoms with Gasteiger partial charge in [0, 0.05) is 20.9 Å². The van der Waals surface area contributed by atoms with Crippen LogP contribution in [0.1, 0.15) is 47.2 Å². The van der Waals surface area contributed by atoms with Crippen molar-refractivity contribution in [1.29, 1.82) is 0 Å². The van der Waals surface area contributed by atoms with E-state index in [1.54, 1.807) is 0 Å². The number of anilines is 3. The van der Waals surface area contributed by atoms with E-state index in [0.717, 1.165) is 0 Å². The molecule has 8 aromatic rings. The van der Waals surface area contributed by atoms with E-state index in [1.165, 1.54) is 86.9 Å². The molecule has 3 heteroatoms. The maximum Gasteiger partial charge on any atom is 0.155 e. The van der Waals surface area contributed by atoms with Crippen LogP contribution in [0.4, 0.5) is 17.1 Å². The van der Waals surface area contributed by atoms with E-state index >= 15 is 0 Å². The first-order valence-electron chi connectivity index (χ1n) is 19.2. The van der Waals surface area contributed by atoms with Gasteiger partial charge < -0.3 is 4.90 Å². The van der Waals surface area contributed by atoms with Crippen molar-refractivity contribution in [3.8, 4) is 11.1 Å². The molecule has 11 rings (SSSR count). The summed E-state index contributed by atoms with van der Waals surface area (Å²) in [7, 11) is -1.31. The van der Waals surface area contributed by atoms with Gasteiger partial charge in [0.05, 0.1) is 16.8 Å². The van der Waals surface area contributed by atoms with Crippen LogP contribution in [-0.2, 0) is 10.8 Å². The molecule has 0 fully saturated rings. The van der Waals surface area contributed by atoms with Gasteiger partial charge in [-0.2, -0.15) is 0 Å². The van der Waals surface area contributed by atoms with Crippen molar-refractivity contribution in [2.45, 2.75) is 34.5 Å². The molecule has 3 heterocycles. The summed E-state index contributed by atoms with van der Waals surface area (Å²) in [6, 6.07) is 73.3. The molecule has 0 unspecified atom stereocenters. The van der Waals surface area contributed by atoms with Gasteiger partial charge in [-0.05, 0) is 97.3 Å². The molecule has 1 spiro atoms. The zero-order chi connectivity index (χ0) is 36.7. The van der Waals surface area contributed by atoms with Crippen LogP contribution in [0.2, 0.25) is 0 Å². The lowest BCUT2D eigenvalue weighted by atomic mass is 9.64. The van der Waals surface area contributed by atoms with Crippen LogP contribution in [-0.4, -0.2) is 8.80 Å². The first-order valence-corrected chi connectivity index (χ1v) is 21.5. The Bertz CT molecular complexity index is 2690. The summed E-state index contributed by atoms with van der Waals surface area (Å²) in [5.74, 6) is 0. The van der Waals surface area contributed by atoms with Crippen molar-refractivity contribution in [2.75, 3.05) is 4.90 Å². The van der Waals surface area contributed by atoms with Crippen LogP contribution in [0.25, 0.3) is 11.1 Å². The van der Waals surface area contributed by atoms with Gasteiger partial charge in [-0.3, -0.25) is 0 Å². The zero-order valence-electron chi connectivity index (χ0n) is 30.8. The quantitative estimate of drug-likeness (QED) is 0.166. The van der Waals surface area contributed by atoms with Crippen molar-refractivity contribution >= 4 is 53.2 Å². The van der Waals surface area contributed by atoms with Crippen LogP contribution in [0.5, 0.6) is 0 Å². The lowest BCUT2D eigenvalue weighted by molar-refractivity contribution is 0.632.